The van der Waals surface area contributed by atoms with Gasteiger partial charge in [-0.25, -0.2) is 15.0 Å². The lowest BCUT2D eigenvalue weighted by Gasteiger charge is -2.32. The van der Waals surface area contributed by atoms with Crippen molar-refractivity contribution in [1.82, 2.24) is 63.5 Å². The van der Waals surface area contributed by atoms with Gasteiger partial charge in [0.2, 0.25) is 11.8 Å². The monoisotopic (exact) mass is 1530 g/mol. The molecule has 0 unspecified atom stereocenters. The number of pyridine rings is 7. The van der Waals surface area contributed by atoms with Gasteiger partial charge in [-0.2, -0.15) is 5.26 Å². The van der Waals surface area contributed by atoms with Crippen LogP contribution in [0, 0.1) is 11.3 Å². The van der Waals surface area contributed by atoms with Gasteiger partial charge in [0.15, 0.2) is 5.78 Å². The first kappa shape index (κ1) is 69.5. The Morgan fingerprint density at radius 3 is 1.36 bits per heavy atom. The summed E-state index contributed by atoms with van der Waals surface area (Å²) in [4.78, 5) is 80.2. The molecule has 4 fully saturated rings. The first-order valence-corrected chi connectivity index (χ1v) is 37.6. The summed E-state index contributed by atoms with van der Waals surface area (Å²) in [5, 5.41) is 11.9. The number of nitrogens with zero attached hydrogens (tertiary/aromatic N) is 14. The maximum atomic E-state index is 12.0. The van der Waals surface area contributed by atoms with E-state index in [0.717, 1.165) is 99.5 Å². The van der Waals surface area contributed by atoms with Gasteiger partial charge in [-0.15, -0.1) is 0 Å². The molecule has 24 heteroatoms. The molecule has 0 spiro atoms. The van der Waals surface area contributed by atoms with E-state index in [1.807, 2.05) is 131 Å². The Bertz CT molecular complexity index is 5400. The van der Waals surface area contributed by atoms with Gasteiger partial charge in [0, 0.05) is 107 Å². The van der Waals surface area contributed by atoms with Crippen LogP contribution in [0.15, 0.2) is 194 Å². The molecule has 20 rings (SSSR count). The number of ketones is 1. The number of imidazole rings is 3. The van der Waals surface area contributed by atoms with Crippen molar-refractivity contribution in [3.05, 3.63) is 233 Å². The second kappa shape index (κ2) is 28.6. The lowest BCUT2D eigenvalue weighted by Crippen LogP contribution is -2.41. The van der Waals surface area contributed by atoms with Crippen molar-refractivity contribution in [2.75, 3.05) is 5.33 Å². The van der Waals surface area contributed by atoms with Crippen molar-refractivity contribution in [1.29, 1.82) is 5.26 Å². The van der Waals surface area contributed by atoms with Crippen LogP contribution in [0.3, 0.4) is 0 Å². The highest BCUT2D eigenvalue weighted by molar-refractivity contribution is 9.10. The average molecular weight is 1530 g/mol. The van der Waals surface area contributed by atoms with Gasteiger partial charge in [0.05, 0.1) is 84.3 Å². The number of benzene rings is 3. The van der Waals surface area contributed by atoms with Crippen LogP contribution < -0.4 is 16.9 Å². The summed E-state index contributed by atoms with van der Waals surface area (Å²) < 4.78 is 20.4. The highest BCUT2D eigenvalue weighted by Gasteiger charge is 2.52. The second-order valence-electron chi connectivity index (χ2n) is 28.7. The zero-order valence-corrected chi connectivity index (χ0v) is 61.9. The van der Waals surface area contributed by atoms with Crippen molar-refractivity contribution in [2.45, 2.75) is 133 Å². The molecule has 528 valence electrons. The van der Waals surface area contributed by atoms with E-state index in [0.29, 0.717) is 63.6 Å². The molecule has 13 aromatic rings. The molecule has 4 N–H and O–H groups in total. The number of alkyl halides is 1. The number of nitriles is 1. The number of fused-ring (bicyclic) bond motifs is 18. The molecule has 1 saturated heterocycles. The van der Waals surface area contributed by atoms with E-state index in [-0.39, 0.29) is 17.0 Å². The van der Waals surface area contributed by atoms with Crippen LogP contribution in [0.2, 0.25) is 0 Å². The fourth-order valence-electron chi connectivity index (χ4n) is 16.1. The number of Topliss-reactive ketones (excluding diaryl/α,β-unsaturated/α-hetero) is 1. The van der Waals surface area contributed by atoms with E-state index >= 15 is 0 Å². The molecule has 106 heavy (non-hydrogen) atoms. The lowest BCUT2D eigenvalue weighted by atomic mass is 9.78. The number of aromatic nitrogens is 13. The third kappa shape index (κ3) is 12.8. The summed E-state index contributed by atoms with van der Waals surface area (Å²) in [5.41, 5.74) is 25.5. The lowest BCUT2D eigenvalue weighted by molar-refractivity contribution is 0.00578. The zero-order valence-electron chi connectivity index (χ0n) is 58.7. The third-order valence-electron chi connectivity index (χ3n) is 21.9. The van der Waals surface area contributed by atoms with Crippen molar-refractivity contribution in [3.63, 3.8) is 0 Å². The maximum Gasteiger partial charge on any atom is 0.494 e. The molecule has 14 heterocycles. The number of primary amides is 2. The van der Waals surface area contributed by atoms with E-state index in [2.05, 4.69) is 98.7 Å². The zero-order chi connectivity index (χ0) is 73.1. The highest BCUT2D eigenvalue weighted by Crippen LogP contribution is 2.55. The van der Waals surface area contributed by atoms with E-state index in [1.165, 1.54) is 75.3 Å². The van der Waals surface area contributed by atoms with Crippen molar-refractivity contribution < 1.29 is 23.7 Å². The summed E-state index contributed by atoms with van der Waals surface area (Å²) in [5.74, 6) is 4.44. The van der Waals surface area contributed by atoms with Crippen molar-refractivity contribution in [2.24, 2.45) is 11.5 Å². The van der Waals surface area contributed by atoms with Gasteiger partial charge in [0.25, 0.3) is 0 Å². The van der Waals surface area contributed by atoms with Crippen molar-refractivity contribution in [3.8, 4) is 62.7 Å². The largest absolute Gasteiger partial charge is 0.494 e. The fourth-order valence-corrected chi connectivity index (χ4v) is 17.2. The molecular formula is C82H73BBr2N16O5. The van der Waals surface area contributed by atoms with Crippen LogP contribution in [-0.2, 0) is 9.31 Å². The minimum Gasteiger partial charge on any atom is -0.399 e. The molecule has 0 radical (unpaired) electrons. The van der Waals surface area contributed by atoms with Crippen LogP contribution in [0.5, 0.6) is 0 Å². The predicted octanol–water partition coefficient (Wildman–Crippen LogP) is 15.8. The molecule has 10 aromatic heterocycles. The number of amides is 2. The number of hydrogen-bond donors (Lipinski definition) is 2. The molecule has 6 bridgehead atoms. The quantitative estimate of drug-likeness (QED) is 0.0731. The number of nitrogens with two attached hydrogens (primary N) is 2. The number of rotatable bonds is 10. The first-order valence-electron chi connectivity index (χ1n) is 35.7. The van der Waals surface area contributed by atoms with E-state index in [4.69, 9.17) is 35.7 Å². The van der Waals surface area contributed by atoms with Gasteiger partial charge in [-0.3, -0.25) is 49.3 Å². The molecule has 7 aliphatic rings. The highest BCUT2D eigenvalue weighted by atomic mass is 79.9. The predicted molar refractivity (Wildman–Crippen MR) is 414 cm³/mol. The Labute approximate surface area is 628 Å². The van der Waals surface area contributed by atoms with E-state index < -0.39 is 18.9 Å². The molecule has 21 nitrogen and oxygen atoms in total. The van der Waals surface area contributed by atoms with Gasteiger partial charge < -0.3 is 34.5 Å². The Morgan fingerprint density at radius 2 is 0.925 bits per heavy atom. The Balaban J connectivity index is 0.000000106. The molecule has 4 aliphatic heterocycles. The van der Waals surface area contributed by atoms with Gasteiger partial charge >= 0.3 is 7.12 Å². The molecule has 2 amide bonds. The van der Waals surface area contributed by atoms with Crippen LogP contribution >= 0.6 is 31.9 Å². The molecule has 6 atom stereocenters. The molecule has 3 aromatic carbocycles. The summed E-state index contributed by atoms with van der Waals surface area (Å²) in [7, 11) is -0.425. The third-order valence-corrected chi connectivity index (χ3v) is 23.2. The van der Waals surface area contributed by atoms with Crippen molar-refractivity contribution >= 4 is 94.7 Å². The number of hydrogen-bond acceptors (Lipinski definition) is 16. The van der Waals surface area contributed by atoms with Gasteiger partial charge in [0.1, 0.15) is 44.9 Å². The van der Waals surface area contributed by atoms with Crippen LogP contribution in [0.1, 0.15) is 176 Å². The van der Waals surface area contributed by atoms with Gasteiger partial charge in [-0.05, 0) is 204 Å². The van der Waals surface area contributed by atoms with Gasteiger partial charge in [-0.1, -0.05) is 64.5 Å². The maximum absolute atomic E-state index is 12.0. The smallest absolute Gasteiger partial charge is 0.399 e. The standard InChI is InChI=1S/2C23H19N5O.C16H17BN2O2.C13H12BrN3.C7H6BrNO/c2*24-22(29)16-8-10-26-18-7-5-13(12-17(16)18)21-20(19-3-1-2-9-25-19)27-23-14-4-6-15(11-14)28(21)23;1-15(2)16(3,4)21-17(20-15)12-5-6-14-13(9-12)11(10-18)7-8-19-14;14-12-11(10-3-1-2-6-15-10)16-13-8-4-5-9(7-8)17(12)13;8-5-7(10)6-3-1-2-4-9-6/h2*1-3,5,7-10,12,14-15H,4,6,11H2,(H2,24,29);5-9H,1-4H3;1-3,6,8-9H,4-5,7H2;1-4H,5H2/t2*14-,15+;;8-,9+;/m11.1./s1. The second-order valence-corrected chi connectivity index (χ2v) is 30.0. The first-order chi connectivity index (χ1) is 51.4. The van der Waals surface area contributed by atoms with E-state index in [9.17, 15) is 19.6 Å². The minimum atomic E-state index is -0.447. The summed E-state index contributed by atoms with van der Waals surface area (Å²) in [6, 6.07) is 49.8. The summed E-state index contributed by atoms with van der Waals surface area (Å²) >= 11 is 6.76. The summed E-state index contributed by atoms with van der Waals surface area (Å²) in [6.45, 7) is 8.10. The van der Waals surface area contributed by atoms with Crippen LogP contribution in [0.25, 0.3) is 89.4 Å². The Morgan fingerprint density at radius 1 is 0.500 bits per heavy atom. The molecule has 3 saturated carbocycles. The fraction of sp³-hybridized carbons (Fsp3) is 0.268. The van der Waals surface area contributed by atoms with Crippen LogP contribution in [-0.4, -0.2) is 105 Å². The molecular weight excluding hydrogens is 1460 g/mol. The topological polar surface area (TPSA) is 289 Å². The number of carbonyl (C=O) groups is 3. The van der Waals surface area contributed by atoms with E-state index in [1.54, 1.807) is 73.6 Å². The normalized spacial score (nSPS) is 19.5. The number of halogens is 2. The summed E-state index contributed by atoms with van der Waals surface area (Å²) in [6.07, 6.45) is 22.9. The van der Waals surface area contributed by atoms with Crippen LogP contribution in [0.4, 0.5) is 0 Å². The Hall–Kier alpha value is -10.8. The average Bonchev–Trinajstić information content (AvgIpc) is 1.56. The Kier molecular flexibility index (Phi) is 18.7. The molecule has 3 aliphatic carbocycles. The minimum absolute atomic E-state index is 0.0144. The SMILES string of the molecule is Brc1c(-c2ccccn2)nc2n1[C@H]1CC[C@@H]2C1.CC1(C)OB(c2ccc3nccc(C#N)c3c2)OC1(C)C.NC(=O)c1ccnc2ccc(-c3c(-c4ccccn4)nc4n3[C@H]3CC[C@@H]4C3)cc12.NC(=O)c1ccnc2ccc(-c3c(-c4ccccn4)nc4n3[C@H]3CC[C@@H]4C3)cc12.O=C(CBr)c1ccccn1. The number of carbonyl (C=O) groups excluding carboxylic acids is 3.